The fourth-order valence-electron chi connectivity index (χ4n) is 4.46. The lowest BCUT2D eigenvalue weighted by molar-refractivity contribution is -0.131. The van der Waals surface area contributed by atoms with Crippen molar-refractivity contribution in [1.82, 2.24) is 9.80 Å². The van der Waals surface area contributed by atoms with Gasteiger partial charge in [0, 0.05) is 31.2 Å². The first-order chi connectivity index (χ1) is 13.0. The van der Waals surface area contributed by atoms with E-state index in [1.807, 2.05) is 47.2 Å². The Labute approximate surface area is 158 Å². The second-order valence-corrected chi connectivity index (χ2v) is 7.59. The van der Waals surface area contributed by atoms with Crippen LogP contribution in [-0.4, -0.2) is 47.3 Å². The number of likely N-dealkylation sites (tertiary alicyclic amines) is 2. The third-order valence-electron chi connectivity index (χ3n) is 6.20. The first kappa shape index (κ1) is 17.7. The van der Waals surface area contributed by atoms with Crippen LogP contribution < -0.4 is 0 Å². The maximum atomic E-state index is 13.1. The second-order valence-electron chi connectivity index (χ2n) is 7.59. The molecule has 2 amide bonds. The molecule has 1 atom stereocenters. The summed E-state index contributed by atoms with van der Waals surface area (Å²) in [5, 5.41) is 0. The highest BCUT2D eigenvalue weighted by molar-refractivity contribution is 5.94. The Hall–Kier alpha value is -2.69. The number of hydrogen-bond acceptors (Lipinski definition) is 2. The monoisotopic (exact) mass is 366 g/mol. The Morgan fingerprint density at radius 2 is 1.67 bits per heavy atom. The zero-order valence-corrected chi connectivity index (χ0v) is 15.4. The predicted octanol–water partition coefficient (Wildman–Crippen LogP) is 3.45. The van der Waals surface area contributed by atoms with Gasteiger partial charge in [0.25, 0.3) is 5.91 Å². The van der Waals surface area contributed by atoms with Crippen molar-refractivity contribution < 1.29 is 14.0 Å². The van der Waals surface area contributed by atoms with Crippen LogP contribution in [0, 0.1) is 5.82 Å². The molecule has 2 aromatic rings. The molecular weight excluding hydrogens is 343 g/mol. The van der Waals surface area contributed by atoms with Crippen molar-refractivity contribution in [3.63, 3.8) is 0 Å². The van der Waals surface area contributed by atoms with Gasteiger partial charge in [-0.15, -0.1) is 0 Å². The van der Waals surface area contributed by atoms with E-state index < -0.39 is 0 Å². The number of amides is 2. The van der Waals surface area contributed by atoms with Gasteiger partial charge in [-0.25, -0.2) is 4.39 Å². The highest BCUT2D eigenvalue weighted by atomic mass is 19.1. The fraction of sp³-hybridized carbons (Fsp3) is 0.364. The second kappa shape index (κ2) is 6.80. The Bertz CT molecular complexity index is 842. The average molecular weight is 366 g/mol. The molecule has 140 valence electrons. The molecule has 2 fully saturated rings. The van der Waals surface area contributed by atoms with Gasteiger partial charge in [0.05, 0.1) is 5.92 Å². The third kappa shape index (κ3) is 3.11. The number of nitrogens with zero attached hydrogens (tertiary/aromatic N) is 2. The summed E-state index contributed by atoms with van der Waals surface area (Å²) in [6, 6.07) is 15.6. The first-order valence-corrected chi connectivity index (χ1v) is 9.38. The minimum Gasteiger partial charge on any atom is -0.339 e. The summed E-state index contributed by atoms with van der Waals surface area (Å²) in [7, 11) is 1.89. The van der Waals surface area contributed by atoms with Crippen LogP contribution in [0.1, 0.15) is 41.1 Å². The van der Waals surface area contributed by atoms with Crippen molar-refractivity contribution in [1.29, 1.82) is 0 Å². The minimum atomic E-state index is -0.345. The molecule has 0 unspecified atom stereocenters. The van der Waals surface area contributed by atoms with E-state index in [2.05, 4.69) is 0 Å². The highest BCUT2D eigenvalue weighted by Crippen LogP contribution is 2.44. The molecule has 2 aliphatic heterocycles. The van der Waals surface area contributed by atoms with Crippen LogP contribution in [0.3, 0.4) is 0 Å². The number of carbonyl (C=O) groups is 2. The average Bonchev–Trinajstić information content (AvgIpc) is 2.95. The van der Waals surface area contributed by atoms with E-state index in [4.69, 9.17) is 0 Å². The van der Waals surface area contributed by atoms with Crippen molar-refractivity contribution in [3.8, 4) is 0 Å². The molecule has 0 aliphatic carbocycles. The summed E-state index contributed by atoms with van der Waals surface area (Å²) in [5.41, 5.74) is 1.39. The summed E-state index contributed by atoms with van der Waals surface area (Å²) < 4.78 is 13.1. The number of hydrogen-bond donors (Lipinski definition) is 0. The van der Waals surface area contributed by atoms with Gasteiger partial charge in [0.2, 0.25) is 5.91 Å². The summed E-state index contributed by atoms with van der Waals surface area (Å²) >= 11 is 0. The zero-order valence-electron chi connectivity index (χ0n) is 15.4. The maximum absolute atomic E-state index is 13.1. The molecule has 4 nitrogen and oxygen atoms in total. The summed E-state index contributed by atoms with van der Waals surface area (Å²) in [6.07, 6.45) is 2.34. The van der Waals surface area contributed by atoms with Gasteiger partial charge in [-0.3, -0.25) is 9.59 Å². The molecule has 0 N–H and O–H groups in total. The van der Waals surface area contributed by atoms with Crippen LogP contribution in [-0.2, 0) is 4.79 Å². The number of rotatable bonds is 2. The molecule has 2 aliphatic rings. The molecule has 2 heterocycles. The van der Waals surface area contributed by atoms with Gasteiger partial charge in [-0.2, -0.15) is 0 Å². The van der Waals surface area contributed by atoms with E-state index in [0.29, 0.717) is 18.7 Å². The van der Waals surface area contributed by atoms with Gasteiger partial charge in [-0.1, -0.05) is 30.3 Å². The van der Waals surface area contributed by atoms with E-state index in [1.54, 1.807) is 0 Å². The molecule has 0 aromatic heterocycles. The Morgan fingerprint density at radius 1 is 1.04 bits per heavy atom. The molecule has 4 rings (SSSR count). The Balaban J connectivity index is 1.47. The van der Waals surface area contributed by atoms with Crippen LogP contribution >= 0.6 is 0 Å². The van der Waals surface area contributed by atoms with Crippen molar-refractivity contribution in [2.24, 2.45) is 0 Å². The molecule has 0 bridgehead atoms. The number of benzene rings is 2. The third-order valence-corrected chi connectivity index (χ3v) is 6.20. The van der Waals surface area contributed by atoms with Crippen LogP contribution in [0.2, 0.25) is 0 Å². The molecule has 1 spiro atoms. The van der Waals surface area contributed by atoms with Crippen molar-refractivity contribution in [2.75, 3.05) is 20.1 Å². The van der Waals surface area contributed by atoms with Gasteiger partial charge in [0.1, 0.15) is 5.82 Å². The van der Waals surface area contributed by atoms with Gasteiger partial charge in [-0.05, 0) is 49.1 Å². The Morgan fingerprint density at radius 3 is 2.30 bits per heavy atom. The van der Waals surface area contributed by atoms with Gasteiger partial charge < -0.3 is 9.80 Å². The first-order valence-electron chi connectivity index (χ1n) is 9.38. The van der Waals surface area contributed by atoms with E-state index >= 15 is 0 Å². The van der Waals surface area contributed by atoms with E-state index in [0.717, 1.165) is 24.8 Å². The van der Waals surface area contributed by atoms with Crippen LogP contribution in [0.4, 0.5) is 4.39 Å². The quantitative estimate of drug-likeness (QED) is 0.817. The number of likely N-dealkylation sites (N-methyl/N-ethyl adjacent to an activating group) is 1. The standard InChI is InChI=1S/C22H23FN2O2/c1-24-21(27)19(16-5-3-2-4-6-16)15-22(24)11-13-25(14-12-22)20(26)17-7-9-18(23)10-8-17/h2-10,19H,11-15H2,1H3/t19-/m0/s1. The summed E-state index contributed by atoms with van der Waals surface area (Å²) in [5.74, 6) is -0.353. The van der Waals surface area contributed by atoms with Gasteiger partial charge >= 0.3 is 0 Å². The van der Waals surface area contributed by atoms with Crippen molar-refractivity contribution >= 4 is 11.8 Å². The molecule has 5 heteroatoms. The lowest BCUT2D eigenvalue weighted by Crippen LogP contribution is -2.52. The largest absolute Gasteiger partial charge is 0.339 e. The van der Waals surface area contributed by atoms with Crippen LogP contribution in [0.5, 0.6) is 0 Å². The zero-order chi connectivity index (χ0) is 19.0. The van der Waals surface area contributed by atoms with E-state index in [-0.39, 0.29) is 29.1 Å². The fourth-order valence-corrected chi connectivity index (χ4v) is 4.46. The molecule has 0 saturated carbocycles. The Kier molecular flexibility index (Phi) is 4.46. The molecule has 2 aromatic carbocycles. The lowest BCUT2D eigenvalue weighted by Gasteiger charge is -2.43. The predicted molar refractivity (Wildman–Crippen MR) is 101 cm³/mol. The number of carbonyl (C=O) groups excluding carboxylic acids is 2. The van der Waals surface area contributed by atoms with Crippen molar-refractivity contribution in [3.05, 3.63) is 71.5 Å². The minimum absolute atomic E-state index is 0.0727. The van der Waals surface area contributed by atoms with Crippen LogP contribution in [0.15, 0.2) is 54.6 Å². The van der Waals surface area contributed by atoms with Crippen LogP contribution in [0.25, 0.3) is 0 Å². The topological polar surface area (TPSA) is 40.6 Å². The van der Waals surface area contributed by atoms with Gasteiger partial charge in [0.15, 0.2) is 0 Å². The summed E-state index contributed by atoms with van der Waals surface area (Å²) in [4.78, 5) is 29.2. The van der Waals surface area contributed by atoms with E-state index in [9.17, 15) is 14.0 Å². The highest BCUT2D eigenvalue weighted by Gasteiger charge is 2.50. The van der Waals surface area contributed by atoms with Crippen molar-refractivity contribution in [2.45, 2.75) is 30.7 Å². The normalized spacial score (nSPS) is 21.7. The number of halogens is 1. The summed E-state index contributed by atoms with van der Waals surface area (Å²) in [6.45, 7) is 1.21. The molecule has 0 radical (unpaired) electrons. The molecule has 2 saturated heterocycles. The maximum Gasteiger partial charge on any atom is 0.253 e. The molecule has 27 heavy (non-hydrogen) atoms. The molecular formula is C22H23FN2O2. The number of piperidine rings is 1. The smallest absolute Gasteiger partial charge is 0.253 e. The SMILES string of the molecule is CN1C(=O)[C@H](c2ccccc2)CC12CCN(C(=O)c1ccc(F)cc1)CC2. The van der Waals surface area contributed by atoms with E-state index in [1.165, 1.54) is 24.3 Å². The lowest BCUT2D eigenvalue weighted by atomic mass is 9.81.